The molecular formula is C15H24N4O3S. The summed E-state index contributed by atoms with van der Waals surface area (Å²) in [7, 11) is -1.90. The minimum atomic E-state index is -3.61. The van der Waals surface area contributed by atoms with Crippen molar-refractivity contribution in [2.24, 2.45) is 7.05 Å². The van der Waals surface area contributed by atoms with Crippen LogP contribution in [0.4, 0.5) is 0 Å². The van der Waals surface area contributed by atoms with E-state index in [-0.39, 0.29) is 16.8 Å². The second-order valence-corrected chi connectivity index (χ2v) is 8.62. The summed E-state index contributed by atoms with van der Waals surface area (Å²) < 4.78 is 29.3. The Morgan fingerprint density at radius 1 is 1.35 bits per heavy atom. The van der Waals surface area contributed by atoms with Crippen molar-refractivity contribution < 1.29 is 13.2 Å². The third kappa shape index (κ3) is 2.57. The van der Waals surface area contributed by atoms with Gasteiger partial charge in [-0.15, -0.1) is 0 Å². The molecule has 3 heterocycles. The molecule has 2 aliphatic heterocycles. The molecule has 3 rings (SSSR count). The van der Waals surface area contributed by atoms with E-state index in [0.29, 0.717) is 6.54 Å². The zero-order valence-corrected chi connectivity index (χ0v) is 14.7. The maximum Gasteiger partial charge on any atom is 0.246 e. The summed E-state index contributed by atoms with van der Waals surface area (Å²) in [6.45, 7) is 4.77. The molecule has 0 radical (unpaired) electrons. The highest BCUT2D eigenvalue weighted by Gasteiger charge is 2.52. The Kier molecular flexibility index (Phi) is 4.00. The van der Waals surface area contributed by atoms with Gasteiger partial charge in [0.25, 0.3) is 0 Å². The number of likely N-dealkylation sites (tertiary alicyclic amines) is 1. The molecule has 1 aromatic rings. The van der Waals surface area contributed by atoms with Crippen LogP contribution in [0.1, 0.15) is 39.5 Å². The molecule has 128 valence electrons. The first-order valence-corrected chi connectivity index (χ1v) is 9.49. The molecule has 2 atom stereocenters. The smallest absolute Gasteiger partial charge is 0.246 e. The first kappa shape index (κ1) is 16.4. The van der Waals surface area contributed by atoms with Crippen molar-refractivity contribution in [2.75, 3.05) is 13.1 Å². The lowest BCUT2D eigenvalue weighted by Crippen LogP contribution is -2.67. The summed E-state index contributed by atoms with van der Waals surface area (Å²) in [5.74, 6) is 0.0292. The Bertz CT molecular complexity index is 714. The lowest BCUT2D eigenvalue weighted by Gasteiger charge is -2.55. The lowest BCUT2D eigenvalue weighted by atomic mass is 9.78. The van der Waals surface area contributed by atoms with E-state index in [1.165, 1.54) is 17.1 Å². The van der Waals surface area contributed by atoms with Gasteiger partial charge in [0.2, 0.25) is 15.9 Å². The number of fused-ring (bicyclic) bond motifs is 1. The molecule has 0 unspecified atom stereocenters. The van der Waals surface area contributed by atoms with Gasteiger partial charge < -0.3 is 4.90 Å². The molecule has 0 saturated carbocycles. The van der Waals surface area contributed by atoms with E-state index < -0.39 is 15.6 Å². The second-order valence-electron chi connectivity index (χ2n) is 6.76. The lowest BCUT2D eigenvalue weighted by molar-refractivity contribution is -0.138. The minimum Gasteiger partial charge on any atom is -0.338 e. The number of hydrogen-bond acceptors (Lipinski definition) is 4. The Morgan fingerprint density at radius 3 is 2.70 bits per heavy atom. The van der Waals surface area contributed by atoms with Crippen LogP contribution in [-0.4, -0.2) is 58.0 Å². The van der Waals surface area contributed by atoms with E-state index in [1.54, 1.807) is 18.3 Å². The molecule has 0 spiro atoms. The minimum absolute atomic E-state index is 0.0292. The highest BCUT2D eigenvalue weighted by atomic mass is 32.2. The van der Waals surface area contributed by atoms with E-state index in [0.717, 1.165) is 32.2 Å². The molecule has 7 nitrogen and oxygen atoms in total. The van der Waals surface area contributed by atoms with E-state index in [1.807, 2.05) is 11.8 Å². The molecule has 2 aliphatic rings. The van der Waals surface area contributed by atoms with Crippen molar-refractivity contribution in [3.05, 3.63) is 12.4 Å². The third-order valence-electron chi connectivity index (χ3n) is 5.26. The van der Waals surface area contributed by atoms with Crippen LogP contribution in [0.15, 0.2) is 17.3 Å². The van der Waals surface area contributed by atoms with Crippen molar-refractivity contribution in [2.45, 2.75) is 56.0 Å². The van der Waals surface area contributed by atoms with Crippen molar-refractivity contribution in [3.8, 4) is 0 Å². The van der Waals surface area contributed by atoms with Gasteiger partial charge in [0.15, 0.2) is 0 Å². The number of piperidine rings is 2. The second kappa shape index (κ2) is 5.59. The molecule has 0 N–H and O–H groups in total. The van der Waals surface area contributed by atoms with E-state index in [2.05, 4.69) is 5.10 Å². The highest BCUT2D eigenvalue weighted by molar-refractivity contribution is 7.89. The topological polar surface area (TPSA) is 75.5 Å². The SMILES string of the molecule is CC(=O)N1CCC[C@@]2(C)[C@H]1CCCN2S(=O)(=O)c1cnn(C)c1. The van der Waals surface area contributed by atoms with Crippen LogP contribution >= 0.6 is 0 Å². The normalized spacial score (nSPS) is 29.3. The quantitative estimate of drug-likeness (QED) is 0.804. The van der Waals surface area contributed by atoms with E-state index in [9.17, 15) is 13.2 Å². The molecule has 0 aliphatic carbocycles. The van der Waals surface area contributed by atoms with Gasteiger partial charge in [-0.05, 0) is 32.6 Å². The average molecular weight is 340 g/mol. The van der Waals surface area contributed by atoms with Crippen LogP contribution in [0.5, 0.6) is 0 Å². The summed E-state index contributed by atoms with van der Waals surface area (Å²) in [5, 5.41) is 3.99. The Morgan fingerprint density at radius 2 is 2.09 bits per heavy atom. The predicted molar refractivity (Wildman–Crippen MR) is 85.1 cm³/mol. The fourth-order valence-electron chi connectivity index (χ4n) is 4.14. The van der Waals surface area contributed by atoms with Gasteiger partial charge in [-0.2, -0.15) is 9.40 Å². The van der Waals surface area contributed by atoms with Gasteiger partial charge in [-0.25, -0.2) is 8.42 Å². The third-order valence-corrected chi connectivity index (χ3v) is 7.24. The van der Waals surface area contributed by atoms with Gasteiger partial charge in [0.05, 0.1) is 17.8 Å². The number of hydrogen-bond donors (Lipinski definition) is 0. The van der Waals surface area contributed by atoms with Crippen molar-refractivity contribution in [3.63, 3.8) is 0 Å². The predicted octanol–water partition coefficient (Wildman–Crippen LogP) is 0.974. The standard InChI is InChI=1S/C15H24N4O3S/c1-12(20)18-8-5-7-15(2)14(18)6-4-9-19(15)23(21,22)13-10-16-17(3)11-13/h10-11,14H,4-9H2,1-3H3/t14-,15+/m1/s1. The van der Waals surface area contributed by atoms with Crippen LogP contribution < -0.4 is 0 Å². The summed E-state index contributed by atoms with van der Waals surface area (Å²) in [6, 6.07) is -0.0473. The monoisotopic (exact) mass is 340 g/mol. The number of aromatic nitrogens is 2. The molecule has 23 heavy (non-hydrogen) atoms. The Hall–Kier alpha value is -1.41. The number of nitrogens with zero attached hydrogens (tertiary/aromatic N) is 4. The molecule has 0 bridgehead atoms. The number of amides is 1. The van der Waals surface area contributed by atoms with Crippen LogP contribution in [0.3, 0.4) is 0 Å². The van der Waals surface area contributed by atoms with Crippen LogP contribution in [-0.2, 0) is 21.9 Å². The maximum absolute atomic E-state index is 13.1. The number of aryl methyl sites for hydroxylation is 1. The first-order valence-electron chi connectivity index (χ1n) is 8.05. The molecule has 8 heteroatoms. The number of carbonyl (C=O) groups excluding carboxylic acids is 1. The Labute approximate surface area is 137 Å². The fourth-order valence-corrected chi connectivity index (χ4v) is 5.99. The largest absolute Gasteiger partial charge is 0.338 e. The van der Waals surface area contributed by atoms with E-state index >= 15 is 0 Å². The summed E-state index contributed by atoms with van der Waals surface area (Å²) in [6.07, 6.45) is 6.16. The van der Waals surface area contributed by atoms with Gasteiger partial charge in [-0.1, -0.05) is 0 Å². The van der Waals surface area contributed by atoms with Gasteiger partial charge >= 0.3 is 0 Å². The van der Waals surface area contributed by atoms with Crippen LogP contribution in [0.25, 0.3) is 0 Å². The van der Waals surface area contributed by atoms with Crippen molar-refractivity contribution >= 4 is 15.9 Å². The number of carbonyl (C=O) groups is 1. The van der Waals surface area contributed by atoms with Gasteiger partial charge in [-0.3, -0.25) is 9.48 Å². The molecule has 0 aromatic carbocycles. The molecular weight excluding hydrogens is 316 g/mol. The zero-order chi connectivity index (χ0) is 16.8. The molecule has 2 saturated heterocycles. The molecule has 1 amide bonds. The van der Waals surface area contributed by atoms with Crippen LogP contribution in [0.2, 0.25) is 0 Å². The molecule has 2 fully saturated rings. The highest BCUT2D eigenvalue weighted by Crippen LogP contribution is 2.41. The number of rotatable bonds is 2. The summed E-state index contributed by atoms with van der Waals surface area (Å²) >= 11 is 0. The van der Waals surface area contributed by atoms with Gasteiger partial charge in [0.1, 0.15) is 4.90 Å². The van der Waals surface area contributed by atoms with Gasteiger partial charge in [0, 0.05) is 33.3 Å². The maximum atomic E-state index is 13.1. The van der Waals surface area contributed by atoms with Crippen molar-refractivity contribution in [1.29, 1.82) is 0 Å². The Balaban J connectivity index is 2.01. The summed E-state index contributed by atoms with van der Waals surface area (Å²) in [5.41, 5.74) is -0.545. The first-order chi connectivity index (χ1) is 10.8. The summed E-state index contributed by atoms with van der Waals surface area (Å²) in [4.78, 5) is 14.0. The fraction of sp³-hybridized carbons (Fsp3) is 0.733. The molecule has 1 aromatic heterocycles. The number of sulfonamides is 1. The van der Waals surface area contributed by atoms with Crippen LogP contribution in [0, 0.1) is 0 Å². The zero-order valence-electron chi connectivity index (χ0n) is 13.9. The van der Waals surface area contributed by atoms with E-state index in [4.69, 9.17) is 0 Å². The average Bonchev–Trinajstić information content (AvgIpc) is 2.92. The van der Waals surface area contributed by atoms with Crippen molar-refractivity contribution in [1.82, 2.24) is 19.0 Å².